The van der Waals surface area contributed by atoms with E-state index in [1.165, 1.54) is 17.0 Å². The molecule has 1 aliphatic heterocycles. The van der Waals surface area contributed by atoms with Gasteiger partial charge in [0.1, 0.15) is 5.52 Å². The molecule has 224 valence electrons. The van der Waals surface area contributed by atoms with Crippen LogP contribution >= 0.6 is 23.2 Å². The first-order valence-corrected chi connectivity index (χ1v) is 15.3. The highest BCUT2D eigenvalue weighted by molar-refractivity contribution is 6.39. The molecule has 3 amide bonds. The first-order chi connectivity index (χ1) is 20.7. The molecular weight excluding hydrogens is 593 g/mol. The van der Waals surface area contributed by atoms with Crippen LogP contribution in [0, 0.1) is 17.2 Å². The maximum absolute atomic E-state index is 12.2. The number of nitrogens with zero attached hydrogens (tertiary/aromatic N) is 6. The number of carbonyl (C=O) groups is 3. The number of rotatable bonds is 7. The van der Waals surface area contributed by atoms with Crippen molar-refractivity contribution in [3.05, 3.63) is 33.9 Å². The van der Waals surface area contributed by atoms with Crippen LogP contribution < -0.4 is 16.4 Å². The molecule has 14 heteroatoms. The van der Waals surface area contributed by atoms with Gasteiger partial charge in [-0.05, 0) is 63.5 Å². The fourth-order valence-corrected chi connectivity index (χ4v) is 7.13. The van der Waals surface area contributed by atoms with Crippen LogP contribution in [-0.2, 0) is 14.4 Å². The van der Waals surface area contributed by atoms with Crippen molar-refractivity contribution in [1.29, 1.82) is 5.26 Å². The lowest BCUT2D eigenvalue weighted by Crippen LogP contribution is -2.43. The number of primary amides is 1. The number of fused-ring (bicyclic) bond motifs is 1. The molecule has 2 aromatic heterocycles. The molecule has 0 spiro atoms. The lowest BCUT2D eigenvalue weighted by Gasteiger charge is -2.33. The van der Waals surface area contributed by atoms with Crippen LogP contribution in [0.25, 0.3) is 11.2 Å². The average Bonchev–Trinajstić information content (AvgIpc) is 3.53. The topological polar surface area (TPSA) is 172 Å². The molecule has 6 rings (SSSR count). The van der Waals surface area contributed by atoms with Gasteiger partial charge in [-0.1, -0.05) is 23.2 Å². The number of likely N-dealkylation sites (tertiary alicyclic amines) is 1. The summed E-state index contributed by atoms with van der Waals surface area (Å²) in [6.45, 7) is 0. The number of carbonyl (C=O) groups excluding carboxylic acids is 3. The SMILES string of the molecule is N#Cc1cc(Cl)c(Nc2nc3cnc(NC4CCC(N5C(=O)CCC5=O)CC4)nc3n2C2CCC(C(N)=O)CC2)c(Cl)c1. The number of imide groups is 1. The number of anilines is 3. The molecule has 1 aromatic carbocycles. The van der Waals surface area contributed by atoms with E-state index in [-0.39, 0.29) is 51.8 Å². The number of aromatic nitrogens is 4. The van der Waals surface area contributed by atoms with E-state index in [4.69, 9.17) is 38.9 Å². The minimum atomic E-state index is -0.287. The Morgan fingerprint density at radius 1 is 0.953 bits per heavy atom. The van der Waals surface area contributed by atoms with Gasteiger partial charge in [0.05, 0.1) is 33.6 Å². The zero-order chi connectivity index (χ0) is 30.2. The van der Waals surface area contributed by atoms with Gasteiger partial charge in [0.25, 0.3) is 0 Å². The second-order valence-electron chi connectivity index (χ2n) is 11.5. The molecule has 0 unspecified atom stereocenters. The molecule has 2 saturated carbocycles. The summed E-state index contributed by atoms with van der Waals surface area (Å²) in [5, 5.41) is 16.5. The Morgan fingerprint density at radius 2 is 1.58 bits per heavy atom. The van der Waals surface area contributed by atoms with Crippen LogP contribution in [0.15, 0.2) is 18.3 Å². The van der Waals surface area contributed by atoms with E-state index in [9.17, 15) is 19.6 Å². The molecule has 4 N–H and O–H groups in total. The second-order valence-corrected chi connectivity index (χ2v) is 12.3. The van der Waals surface area contributed by atoms with E-state index in [0.717, 1.165) is 25.7 Å². The molecule has 0 bridgehead atoms. The minimum absolute atomic E-state index is 0.0206. The monoisotopic (exact) mass is 623 g/mol. The lowest BCUT2D eigenvalue weighted by molar-refractivity contribution is -0.141. The Labute approximate surface area is 257 Å². The summed E-state index contributed by atoms with van der Waals surface area (Å²) < 4.78 is 2.01. The van der Waals surface area contributed by atoms with Crippen LogP contribution in [0.4, 0.5) is 17.6 Å². The fraction of sp³-hybridized carbons (Fsp3) is 0.483. The van der Waals surface area contributed by atoms with Crippen molar-refractivity contribution in [2.24, 2.45) is 11.7 Å². The molecule has 12 nitrogen and oxygen atoms in total. The Kier molecular flexibility index (Phi) is 8.11. The van der Waals surface area contributed by atoms with Crippen molar-refractivity contribution in [3.8, 4) is 6.07 Å². The van der Waals surface area contributed by atoms with Crippen LogP contribution in [0.1, 0.15) is 75.8 Å². The van der Waals surface area contributed by atoms with Gasteiger partial charge in [-0.25, -0.2) is 9.97 Å². The predicted molar refractivity (Wildman–Crippen MR) is 161 cm³/mol. The molecule has 2 aliphatic carbocycles. The number of nitrogens with two attached hydrogens (primary N) is 1. The summed E-state index contributed by atoms with van der Waals surface area (Å²) in [6.07, 6.45) is 8.02. The van der Waals surface area contributed by atoms with Gasteiger partial charge in [-0.3, -0.25) is 23.9 Å². The Balaban J connectivity index is 1.26. The van der Waals surface area contributed by atoms with Gasteiger partial charge >= 0.3 is 0 Å². The molecule has 0 atom stereocenters. The number of nitrogens with one attached hydrogen (secondary N) is 2. The van der Waals surface area contributed by atoms with E-state index >= 15 is 0 Å². The first kappa shape index (κ1) is 29.1. The van der Waals surface area contributed by atoms with Gasteiger partial charge in [-0.15, -0.1) is 0 Å². The normalized spacial score (nSPS) is 24.3. The first-order valence-electron chi connectivity index (χ1n) is 14.5. The van der Waals surface area contributed by atoms with E-state index in [1.54, 1.807) is 6.20 Å². The van der Waals surface area contributed by atoms with Crippen molar-refractivity contribution in [1.82, 2.24) is 24.4 Å². The van der Waals surface area contributed by atoms with E-state index in [1.807, 2.05) is 10.6 Å². The number of imidazole rings is 1. The molecule has 0 radical (unpaired) electrons. The molecule has 1 saturated heterocycles. The number of hydrogen-bond acceptors (Lipinski definition) is 9. The van der Waals surface area contributed by atoms with E-state index in [2.05, 4.69) is 15.6 Å². The van der Waals surface area contributed by atoms with Crippen molar-refractivity contribution >= 4 is 69.7 Å². The molecule has 3 aromatic rings. The van der Waals surface area contributed by atoms with E-state index in [0.29, 0.717) is 72.8 Å². The van der Waals surface area contributed by atoms with Crippen LogP contribution in [0.2, 0.25) is 10.0 Å². The third kappa shape index (κ3) is 5.84. The van der Waals surface area contributed by atoms with Crippen molar-refractivity contribution < 1.29 is 14.4 Å². The Hall–Kier alpha value is -3.95. The van der Waals surface area contributed by atoms with Crippen LogP contribution in [0.5, 0.6) is 0 Å². The molecule has 3 fully saturated rings. The molecule has 3 heterocycles. The van der Waals surface area contributed by atoms with Crippen LogP contribution in [-0.4, -0.2) is 54.2 Å². The highest BCUT2D eigenvalue weighted by atomic mass is 35.5. The number of amides is 3. The van der Waals surface area contributed by atoms with Gasteiger partial charge in [-0.2, -0.15) is 10.2 Å². The predicted octanol–water partition coefficient (Wildman–Crippen LogP) is 4.84. The van der Waals surface area contributed by atoms with Crippen molar-refractivity contribution in [2.75, 3.05) is 10.6 Å². The molecule has 3 aliphatic rings. The standard InChI is InChI=1S/C29H31Cl2N9O3/c30-20-11-15(13-32)12-21(31)25(20)37-29-36-22-14-34-28(38-27(22)40(29)19-5-1-16(2-6-19)26(33)43)35-17-3-7-18(8-4-17)39-23(41)9-10-24(39)42/h11-12,14,16-19H,1-10H2,(H2,33,43)(H,36,37)(H,34,35,38). The van der Waals surface area contributed by atoms with Crippen molar-refractivity contribution in [3.63, 3.8) is 0 Å². The maximum atomic E-state index is 12.2. The Bertz CT molecular complexity index is 1600. The summed E-state index contributed by atoms with van der Waals surface area (Å²) in [7, 11) is 0. The summed E-state index contributed by atoms with van der Waals surface area (Å²) in [4.78, 5) is 51.8. The second kappa shape index (κ2) is 12.0. The zero-order valence-electron chi connectivity index (χ0n) is 23.4. The van der Waals surface area contributed by atoms with E-state index < -0.39 is 0 Å². The third-order valence-electron chi connectivity index (χ3n) is 8.79. The maximum Gasteiger partial charge on any atom is 0.229 e. The minimum Gasteiger partial charge on any atom is -0.369 e. The van der Waals surface area contributed by atoms with Crippen LogP contribution in [0.3, 0.4) is 0 Å². The highest BCUT2D eigenvalue weighted by Gasteiger charge is 2.37. The van der Waals surface area contributed by atoms with Gasteiger partial charge in [0.2, 0.25) is 29.6 Å². The summed E-state index contributed by atoms with van der Waals surface area (Å²) >= 11 is 13.0. The smallest absolute Gasteiger partial charge is 0.229 e. The molecular formula is C29H31Cl2N9O3. The quantitative estimate of drug-likeness (QED) is 0.311. The summed E-state index contributed by atoms with van der Waals surface area (Å²) in [5.41, 5.74) is 7.54. The lowest BCUT2D eigenvalue weighted by atomic mass is 9.85. The number of halogens is 2. The van der Waals surface area contributed by atoms with Gasteiger partial charge in [0.15, 0.2) is 5.65 Å². The largest absolute Gasteiger partial charge is 0.369 e. The fourth-order valence-electron chi connectivity index (χ4n) is 6.54. The Morgan fingerprint density at radius 3 is 2.19 bits per heavy atom. The highest BCUT2D eigenvalue weighted by Crippen LogP contribution is 2.39. The third-order valence-corrected chi connectivity index (χ3v) is 9.39. The van der Waals surface area contributed by atoms with Gasteiger partial charge in [0, 0.05) is 36.9 Å². The number of nitriles is 1. The number of hydrogen-bond donors (Lipinski definition) is 3. The average molecular weight is 625 g/mol. The zero-order valence-corrected chi connectivity index (χ0v) is 24.9. The van der Waals surface area contributed by atoms with Gasteiger partial charge < -0.3 is 16.4 Å². The molecule has 43 heavy (non-hydrogen) atoms. The summed E-state index contributed by atoms with van der Waals surface area (Å²) in [6, 6.07) is 5.14. The summed E-state index contributed by atoms with van der Waals surface area (Å²) in [5.74, 6) is 0.334. The number of benzene rings is 1. The van der Waals surface area contributed by atoms with Crippen molar-refractivity contribution in [2.45, 2.75) is 82.3 Å².